The Labute approximate surface area is 134 Å². The van der Waals surface area contributed by atoms with Gasteiger partial charge in [-0.15, -0.1) is 0 Å². The summed E-state index contributed by atoms with van der Waals surface area (Å²) in [6, 6.07) is 7.30. The molecule has 1 atom stereocenters. The van der Waals surface area contributed by atoms with Crippen LogP contribution in [0.1, 0.15) is 28.3 Å². The van der Waals surface area contributed by atoms with Gasteiger partial charge in [0.15, 0.2) is 5.82 Å². The molecule has 0 saturated heterocycles. The second-order valence-corrected chi connectivity index (χ2v) is 5.86. The van der Waals surface area contributed by atoms with E-state index in [2.05, 4.69) is 25.5 Å². The molecular weight excluding hydrogens is 318 g/mol. The molecule has 0 aliphatic carbocycles. The molecule has 1 aliphatic heterocycles. The van der Waals surface area contributed by atoms with E-state index in [1.807, 2.05) is 25.1 Å². The average molecular weight is 330 g/mol. The van der Waals surface area contributed by atoms with Crippen molar-refractivity contribution in [1.82, 2.24) is 20.2 Å². The van der Waals surface area contributed by atoms with E-state index in [1.54, 1.807) is 6.07 Å². The van der Waals surface area contributed by atoms with Crippen LogP contribution in [0.25, 0.3) is 0 Å². The van der Waals surface area contributed by atoms with Crippen LogP contribution in [0.15, 0.2) is 33.9 Å². The minimum Gasteiger partial charge on any atom is -0.324 e. The van der Waals surface area contributed by atoms with Crippen molar-refractivity contribution in [3.8, 4) is 0 Å². The minimum atomic E-state index is -0.568. The lowest BCUT2D eigenvalue weighted by Gasteiger charge is -2.25. The number of aryl methyl sites for hydroxylation is 1. The van der Waals surface area contributed by atoms with Gasteiger partial charge in [-0.25, -0.2) is 4.79 Å². The van der Waals surface area contributed by atoms with Gasteiger partial charge in [0.2, 0.25) is 0 Å². The molecule has 0 saturated carbocycles. The third-order valence-corrected chi connectivity index (χ3v) is 4.21. The van der Waals surface area contributed by atoms with Crippen molar-refractivity contribution in [2.45, 2.75) is 12.8 Å². The Kier molecular flexibility index (Phi) is 2.92. The van der Waals surface area contributed by atoms with E-state index < -0.39 is 11.2 Å². The Bertz CT molecular complexity index is 1030. The first kappa shape index (κ1) is 13.8. The van der Waals surface area contributed by atoms with Crippen LogP contribution in [0.3, 0.4) is 0 Å². The Hall–Kier alpha value is -2.80. The second-order valence-electron chi connectivity index (χ2n) is 5.42. The minimum absolute atomic E-state index is 0.350. The van der Waals surface area contributed by atoms with Crippen LogP contribution in [-0.4, -0.2) is 20.2 Å². The van der Waals surface area contributed by atoms with Crippen molar-refractivity contribution in [1.29, 1.82) is 0 Å². The topological polar surface area (TPSA) is 106 Å². The molecule has 116 valence electrons. The van der Waals surface area contributed by atoms with Crippen molar-refractivity contribution in [3.05, 3.63) is 72.5 Å². The Morgan fingerprint density at radius 1 is 1.17 bits per heavy atom. The summed E-state index contributed by atoms with van der Waals surface area (Å²) in [6.07, 6.45) is 0. The zero-order chi connectivity index (χ0) is 16.1. The predicted molar refractivity (Wildman–Crippen MR) is 86.7 cm³/mol. The fourth-order valence-electron chi connectivity index (χ4n) is 3.04. The van der Waals surface area contributed by atoms with Gasteiger partial charge in [0.05, 0.1) is 5.56 Å². The van der Waals surface area contributed by atoms with Crippen molar-refractivity contribution < 1.29 is 0 Å². The number of aromatic amines is 3. The van der Waals surface area contributed by atoms with E-state index in [-0.39, 0.29) is 5.92 Å². The van der Waals surface area contributed by atoms with Crippen molar-refractivity contribution in [3.63, 3.8) is 0 Å². The number of hydrogen-bond acceptors (Lipinski definition) is 4. The summed E-state index contributed by atoms with van der Waals surface area (Å²) in [4.78, 5) is 28.9. The highest BCUT2D eigenvalue weighted by atomic mass is 35.5. The van der Waals surface area contributed by atoms with Crippen molar-refractivity contribution >= 4 is 23.2 Å². The Balaban J connectivity index is 2.07. The van der Waals surface area contributed by atoms with E-state index in [9.17, 15) is 9.59 Å². The number of H-pyrrole nitrogens is 3. The zero-order valence-corrected chi connectivity index (χ0v) is 12.8. The van der Waals surface area contributed by atoms with E-state index in [0.717, 1.165) is 16.8 Å². The monoisotopic (exact) mass is 329 g/mol. The van der Waals surface area contributed by atoms with Gasteiger partial charge in [-0.2, -0.15) is 5.10 Å². The number of halogens is 1. The molecule has 1 aromatic carbocycles. The standard InChI is InChI=1S/C15H12ClN5O2/c1-6-9-10(7-3-2-4-8(16)5-7)11-12(17-13(9)21-20-6)18-15(23)19-14(11)22/h2-5,10H,1H3,(H4,17,18,19,20,21,22,23)/t10-/m0/s1. The lowest BCUT2D eigenvalue weighted by Crippen LogP contribution is -2.31. The first-order valence-corrected chi connectivity index (χ1v) is 7.36. The molecule has 7 nitrogen and oxygen atoms in total. The highest BCUT2D eigenvalue weighted by Gasteiger charge is 2.33. The molecule has 4 rings (SSSR count). The summed E-state index contributed by atoms with van der Waals surface area (Å²) < 4.78 is 0. The number of nitrogens with zero attached hydrogens (tertiary/aromatic N) is 1. The number of fused-ring (bicyclic) bond motifs is 2. The molecule has 3 aromatic rings. The van der Waals surface area contributed by atoms with Gasteiger partial charge in [0, 0.05) is 22.2 Å². The maximum atomic E-state index is 12.4. The summed E-state index contributed by atoms with van der Waals surface area (Å²) in [7, 11) is 0. The fraction of sp³-hybridized carbons (Fsp3) is 0.133. The van der Waals surface area contributed by atoms with Crippen LogP contribution in [0.4, 0.5) is 11.6 Å². The molecule has 4 N–H and O–H groups in total. The SMILES string of the molecule is Cc1[nH]nc2c1[C@H](c1cccc(Cl)c1)c1c([nH]c(=O)[nH]c1=O)N2. The number of nitrogens with one attached hydrogen (secondary N) is 4. The van der Waals surface area contributed by atoms with Crippen LogP contribution in [0.2, 0.25) is 5.02 Å². The molecule has 8 heteroatoms. The van der Waals surface area contributed by atoms with Crippen LogP contribution in [-0.2, 0) is 0 Å². The molecule has 2 aromatic heterocycles. The van der Waals surface area contributed by atoms with E-state index in [0.29, 0.717) is 22.2 Å². The van der Waals surface area contributed by atoms with E-state index in [1.165, 1.54) is 0 Å². The molecule has 23 heavy (non-hydrogen) atoms. The quantitative estimate of drug-likeness (QED) is 0.428. The zero-order valence-electron chi connectivity index (χ0n) is 12.0. The van der Waals surface area contributed by atoms with E-state index >= 15 is 0 Å². The average Bonchev–Trinajstić information content (AvgIpc) is 2.86. The Morgan fingerprint density at radius 2 is 2.00 bits per heavy atom. The Morgan fingerprint density at radius 3 is 2.78 bits per heavy atom. The van der Waals surface area contributed by atoms with Crippen LogP contribution in [0.5, 0.6) is 0 Å². The van der Waals surface area contributed by atoms with Gasteiger partial charge in [-0.3, -0.25) is 19.9 Å². The third-order valence-electron chi connectivity index (χ3n) is 3.98. The van der Waals surface area contributed by atoms with E-state index in [4.69, 9.17) is 11.6 Å². The molecule has 0 radical (unpaired) electrons. The lowest BCUT2D eigenvalue weighted by atomic mass is 9.83. The molecule has 0 unspecified atom stereocenters. The number of benzene rings is 1. The molecule has 0 spiro atoms. The summed E-state index contributed by atoms with van der Waals surface area (Å²) in [5.41, 5.74) is 1.98. The van der Waals surface area contributed by atoms with Crippen molar-refractivity contribution in [2.75, 3.05) is 5.32 Å². The highest BCUT2D eigenvalue weighted by molar-refractivity contribution is 6.30. The third kappa shape index (κ3) is 2.08. The second kappa shape index (κ2) is 4.85. The normalized spacial score (nSPS) is 15.7. The summed E-state index contributed by atoms with van der Waals surface area (Å²) >= 11 is 6.11. The fourth-order valence-corrected chi connectivity index (χ4v) is 3.24. The molecule has 0 fully saturated rings. The predicted octanol–water partition coefficient (Wildman–Crippen LogP) is 1.99. The number of rotatable bonds is 1. The highest BCUT2D eigenvalue weighted by Crippen LogP contribution is 2.42. The van der Waals surface area contributed by atoms with Gasteiger partial charge < -0.3 is 5.32 Å². The molecule has 0 amide bonds. The van der Waals surface area contributed by atoms with Gasteiger partial charge in [0.25, 0.3) is 5.56 Å². The maximum absolute atomic E-state index is 12.4. The largest absolute Gasteiger partial charge is 0.327 e. The summed E-state index contributed by atoms with van der Waals surface area (Å²) in [6.45, 7) is 1.88. The first-order valence-electron chi connectivity index (χ1n) is 6.98. The summed E-state index contributed by atoms with van der Waals surface area (Å²) in [5, 5.41) is 10.7. The molecule has 1 aliphatic rings. The molecule has 3 heterocycles. The smallest absolute Gasteiger partial charge is 0.324 e. The van der Waals surface area contributed by atoms with Crippen molar-refractivity contribution in [2.24, 2.45) is 0 Å². The van der Waals surface area contributed by atoms with Gasteiger partial charge in [-0.1, -0.05) is 23.7 Å². The maximum Gasteiger partial charge on any atom is 0.327 e. The van der Waals surface area contributed by atoms with Crippen LogP contribution >= 0.6 is 11.6 Å². The summed E-state index contributed by atoms with van der Waals surface area (Å²) in [5.74, 6) is 0.559. The first-order chi connectivity index (χ1) is 11.0. The molecular formula is C15H12ClN5O2. The number of anilines is 2. The molecule has 0 bridgehead atoms. The number of hydrogen-bond donors (Lipinski definition) is 4. The van der Waals surface area contributed by atoms with Crippen LogP contribution in [0, 0.1) is 6.92 Å². The van der Waals surface area contributed by atoms with Gasteiger partial charge >= 0.3 is 5.69 Å². The van der Waals surface area contributed by atoms with Gasteiger partial charge in [-0.05, 0) is 24.6 Å². The lowest BCUT2D eigenvalue weighted by molar-refractivity contribution is 0.881. The number of aromatic nitrogens is 4. The van der Waals surface area contributed by atoms with Crippen LogP contribution < -0.4 is 16.6 Å². The van der Waals surface area contributed by atoms with Gasteiger partial charge in [0.1, 0.15) is 5.82 Å².